The van der Waals surface area contributed by atoms with Gasteiger partial charge in [0, 0.05) is 18.0 Å². The first-order valence-electron chi connectivity index (χ1n) is 5.21. The molecule has 2 N–H and O–H groups in total. The maximum Gasteiger partial charge on any atom is 0.0427 e. The molecule has 0 heterocycles. The van der Waals surface area contributed by atoms with Crippen LogP contribution in [0.1, 0.15) is 55.4 Å². The standard InChI is InChI=1S/C12H22N2.2CH4/c1-5-7-8-9-14-11(4)12(6-2)10(3)13;;/h5,7H,6,8-9,13H2,1-4H3;2*1H4/b7-5-,12-10-,14-11?;;. The van der Waals surface area contributed by atoms with Gasteiger partial charge in [0.05, 0.1) is 0 Å². The third kappa shape index (κ3) is 8.27. The molecular weight excluding hydrogens is 196 g/mol. The zero-order valence-electron chi connectivity index (χ0n) is 9.80. The minimum Gasteiger partial charge on any atom is -0.402 e. The summed E-state index contributed by atoms with van der Waals surface area (Å²) < 4.78 is 0. The SMILES string of the molecule is C.C.C/C=C\CCN=C(C)/C(CC)=C(/C)N. The molecular formula is C14H30N2. The van der Waals surface area contributed by atoms with Gasteiger partial charge in [-0.2, -0.15) is 0 Å². The monoisotopic (exact) mass is 226 g/mol. The molecule has 0 aromatic rings. The van der Waals surface area contributed by atoms with Crippen molar-refractivity contribution in [3.05, 3.63) is 23.4 Å². The third-order valence-corrected chi connectivity index (χ3v) is 2.15. The van der Waals surface area contributed by atoms with Gasteiger partial charge in [0.2, 0.25) is 0 Å². The quantitative estimate of drug-likeness (QED) is 0.423. The van der Waals surface area contributed by atoms with Crippen LogP contribution in [-0.2, 0) is 0 Å². The second-order valence-corrected chi connectivity index (χ2v) is 3.34. The highest BCUT2D eigenvalue weighted by Crippen LogP contribution is 2.07. The molecule has 0 rings (SSSR count). The Bertz CT molecular complexity index is 243. The van der Waals surface area contributed by atoms with Gasteiger partial charge in [-0.15, -0.1) is 0 Å². The Kier molecular flexibility index (Phi) is 15.3. The Labute approximate surface area is 102 Å². The summed E-state index contributed by atoms with van der Waals surface area (Å²) in [5, 5.41) is 0. The van der Waals surface area contributed by atoms with Crippen molar-refractivity contribution in [1.29, 1.82) is 0 Å². The molecule has 0 saturated carbocycles. The normalized spacial score (nSPS) is 12.9. The van der Waals surface area contributed by atoms with Gasteiger partial charge in [-0.3, -0.25) is 4.99 Å². The number of rotatable bonds is 5. The minimum absolute atomic E-state index is 0. The number of hydrogen-bond acceptors (Lipinski definition) is 2. The molecule has 0 saturated heterocycles. The van der Waals surface area contributed by atoms with Crippen molar-refractivity contribution < 1.29 is 0 Å². The molecule has 2 heteroatoms. The van der Waals surface area contributed by atoms with Crippen LogP contribution in [0.5, 0.6) is 0 Å². The summed E-state index contributed by atoms with van der Waals surface area (Å²) in [6, 6.07) is 0. The van der Waals surface area contributed by atoms with E-state index in [1.165, 1.54) is 5.57 Å². The van der Waals surface area contributed by atoms with Crippen LogP contribution in [0.25, 0.3) is 0 Å². The van der Waals surface area contributed by atoms with Crippen molar-refractivity contribution in [1.82, 2.24) is 0 Å². The maximum absolute atomic E-state index is 5.76. The summed E-state index contributed by atoms with van der Waals surface area (Å²) in [6.45, 7) is 8.95. The first kappa shape index (κ1) is 20.4. The molecule has 0 atom stereocenters. The molecule has 0 aromatic carbocycles. The summed E-state index contributed by atoms with van der Waals surface area (Å²) in [5.41, 5.74) is 8.92. The van der Waals surface area contributed by atoms with Gasteiger partial charge in [-0.25, -0.2) is 0 Å². The van der Waals surface area contributed by atoms with Gasteiger partial charge in [0.15, 0.2) is 0 Å². The topological polar surface area (TPSA) is 38.4 Å². The Balaban J connectivity index is -0.000000845. The predicted octanol–water partition coefficient (Wildman–Crippen LogP) is 4.33. The van der Waals surface area contributed by atoms with Gasteiger partial charge in [0.25, 0.3) is 0 Å². The van der Waals surface area contributed by atoms with Crippen molar-refractivity contribution in [3.8, 4) is 0 Å². The summed E-state index contributed by atoms with van der Waals surface area (Å²) in [7, 11) is 0. The lowest BCUT2D eigenvalue weighted by molar-refractivity contribution is 0.992. The molecule has 0 aliphatic carbocycles. The molecule has 96 valence electrons. The average molecular weight is 226 g/mol. The van der Waals surface area contributed by atoms with E-state index in [1.807, 2.05) is 20.8 Å². The largest absolute Gasteiger partial charge is 0.402 e. The average Bonchev–Trinajstić information content (AvgIpc) is 2.13. The molecule has 0 aromatic heterocycles. The predicted molar refractivity (Wildman–Crippen MR) is 78.0 cm³/mol. The first-order valence-corrected chi connectivity index (χ1v) is 5.21. The van der Waals surface area contributed by atoms with Crippen LogP contribution >= 0.6 is 0 Å². The molecule has 0 unspecified atom stereocenters. The fourth-order valence-electron chi connectivity index (χ4n) is 1.39. The summed E-state index contributed by atoms with van der Waals surface area (Å²) in [6.07, 6.45) is 6.15. The molecule has 0 aliphatic rings. The van der Waals surface area contributed by atoms with E-state index < -0.39 is 0 Å². The highest BCUT2D eigenvalue weighted by molar-refractivity contribution is 5.98. The number of hydrogen-bond donors (Lipinski definition) is 1. The van der Waals surface area contributed by atoms with Crippen molar-refractivity contribution in [2.75, 3.05) is 6.54 Å². The summed E-state index contributed by atoms with van der Waals surface area (Å²) in [5.74, 6) is 0. The van der Waals surface area contributed by atoms with Crippen LogP contribution in [-0.4, -0.2) is 12.3 Å². The van der Waals surface area contributed by atoms with E-state index in [0.29, 0.717) is 0 Å². The highest BCUT2D eigenvalue weighted by atomic mass is 14.7. The number of nitrogens with zero attached hydrogens (tertiary/aromatic N) is 1. The van der Waals surface area contributed by atoms with Gasteiger partial charge in [-0.1, -0.05) is 33.9 Å². The number of nitrogens with two attached hydrogens (primary N) is 1. The Hall–Kier alpha value is -1.05. The van der Waals surface area contributed by atoms with E-state index in [9.17, 15) is 0 Å². The molecule has 2 nitrogen and oxygen atoms in total. The van der Waals surface area contributed by atoms with Gasteiger partial charge < -0.3 is 5.73 Å². The fourth-order valence-corrected chi connectivity index (χ4v) is 1.39. The van der Waals surface area contributed by atoms with Crippen molar-refractivity contribution in [2.45, 2.75) is 55.4 Å². The summed E-state index contributed by atoms with van der Waals surface area (Å²) >= 11 is 0. The molecule has 0 spiro atoms. The molecule has 16 heavy (non-hydrogen) atoms. The Morgan fingerprint density at radius 2 is 1.81 bits per heavy atom. The van der Waals surface area contributed by atoms with Crippen molar-refractivity contribution in [2.24, 2.45) is 10.7 Å². The van der Waals surface area contributed by atoms with E-state index in [0.717, 1.165) is 30.8 Å². The van der Waals surface area contributed by atoms with Crippen LogP contribution in [0.15, 0.2) is 28.4 Å². The minimum atomic E-state index is 0. The Morgan fingerprint density at radius 1 is 1.25 bits per heavy atom. The van der Waals surface area contributed by atoms with E-state index in [4.69, 9.17) is 5.73 Å². The van der Waals surface area contributed by atoms with E-state index in [-0.39, 0.29) is 14.9 Å². The van der Waals surface area contributed by atoms with Crippen molar-refractivity contribution in [3.63, 3.8) is 0 Å². The van der Waals surface area contributed by atoms with E-state index in [1.54, 1.807) is 0 Å². The lowest BCUT2D eigenvalue weighted by Crippen LogP contribution is -2.06. The lowest BCUT2D eigenvalue weighted by atomic mass is 10.1. The third-order valence-electron chi connectivity index (χ3n) is 2.15. The lowest BCUT2D eigenvalue weighted by Gasteiger charge is -2.06. The smallest absolute Gasteiger partial charge is 0.0427 e. The maximum atomic E-state index is 5.76. The molecule has 0 radical (unpaired) electrons. The Morgan fingerprint density at radius 3 is 2.19 bits per heavy atom. The molecule has 0 amide bonds. The van der Waals surface area contributed by atoms with E-state index >= 15 is 0 Å². The van der Waals surface area contributed by atoms with Crippen LogP contribution in [0.2, 0.25) is 0 Å². The van der Waals surface area contributed by atoms with Gasteiger partial charge in [-0.05, 0) is 39.2 Å². The zero-order chi connectivity index (χ0) is 11.0. The second kappa shape index (κ2) is 12.0. The van der Waals surface area contributed by atoms with Gasteiger partial charge >= 0.3 is 0 Å². The number of allylic oxidation sites excluding steroid dienone is 3. The van der Waals surface area contributed by atoms with Crippen LogP contribution in [0, 0.1) is 0 Å². The molecule has 0 bridgehead atoms. The zero-order valence-corrected chi connectivity index (χ0v) is 9.80. The number of aliphatic imine (C=N–C) groups is 1. The first-order chi connectivity index (χ1) is 6.63. The van der Waals surface area contributed by atoms with Crippen LogP contribution < -0.4 is 5.73 Å². The van der Waals surface area contributed by atoms with Gasteiger partial charge in [0.1, 0.15) is 0 Å². The molecule has 0 fully saturated rings. The second-order valence-electron chi connectivity index (χ2n) is 3.34. The van der Waals surface area contributed by atoms with E-state index in [2.05, 4.69) is 24.1 Å². The fraction of sp³-hybridized carbons (Fsp3) is 0.643. The van der Waals surface area contributed by atoms with Crippen LogP contribution in [0.3, 0.4) is 0 Å². The summed E-state index contributed by atoms with van der Waals surface area (Å²) in [4.78, 5) is 4.48. The highest BCUT2D eigenvalue weighted by Gasteiger charge is 2.00. The van der Waals surface area contributed by atoms with Crippen LogP contribution in [0.4, 0.5) is 0 Å². The van der Waals surface area contributed by atoms with Crippen molar-refractivity contribution >= 4 is 5.71 Å². The molecule has 0 aliphatic heterocycles.